The van der Waals surface area contributed by atoms with Crippen LogP contribution in [0.4, 0.5) is 0 Å². The number of rotatable bonds is 6. The number of unbranched alkanes of at least 4 members (excludes halogenated alkanes) is 2. The number of nitrogens with one attached hydrogen (secondary N) is 1. The molecule has 1 amide bonds. The summed E-state index contributed by atoms with van der Waals surface area (Å²) < 4.78 is 23.5. The van der Waals surface area contributed by atoms with Crippen molar-refractivity contribution in [2.45, 2.75) is 25.7 Å². The molecular weight excluding hydrogens is 341 g/mol. The monoisotopic (exact) mass is 359 g/mol. The summed E-state index contributed by atoms with van der Waals surface area (Å²) in [5.74, 6) is -0.197. The summed E-state index contributed by atoms with van der Waals surface area (Å²) in [4.78, 5) is 11.6. The normalized spacial score (nSPS) is 23.2. The van der Waals surface area contributed by atoms with Gasteiger partial charge in [0, 0.05) is 6.54 Å². The maximum Gasteiger partial charge on any atom is 0.224 e. The molecule has 1 rings (SSSR count). The quantitative estimate of drug-likeness (QED) is 0.440. The van der Waals surface area contributed by atoms with E-state index in [0.29, 0.717) is 13.0 Å². The first kappa shape index (κ1) is 14.2. The Balaban J connectivity index is 2.16. The predicted octanol–water partition coefficient (Wildman–Crippen LogP) is 1.14. The van der Waals surface area contributed by atoms with Crippen molar-refractivity contribution in [3.8, 4) is 0 Å². The van der Waals surface area contributed by atoms with Crippen molar-refractivity contribution in [3.05, 3.63) is 0 Å². The van der Waals surface area contributed by atoms with Gasteiger partial charge in [-0.05, 0) is 23.7 Å². The Bertz CT molecular complexity index is 329. The zero-order valence-corrected chi connectivity index (χ0v) is 12.2. The van der Waals surface area contributed by atoms with Crippen LogP contribution in [0.3, 0.4) is 0 Å². The summed E-state index contributed by atoms with van der Waals surface area (Å²) in [6.07, 6.45) is 3.76. The second-order valence-corrected chi connectivity index (χ2v) is 7.45. The van der Waals surface area contributed by atoms with Crippen molar-refractivity contribution in [2.24, 2.45) is 5.92 Å². The van der Waals surface area contributed by atoms with Gasteiger partial charge in [0.25, 0.3) is 0 Å². The zero-order valence-electron chi connectivity index (χ0n) is 9.25. The number of hydrogen-bond acceptors (Lipinski definition) is 3. The summed E-state index contributed by atoms with van der Waals surface area (Å²) in [5, 5.41) is 2.82. The molecule has 0 spiro atoms. The minimum absolute atomic E-state index is 0.0343. The molecule has 0 saturated carbocycles. The molecule has 0 aromatic rings. The summed E-state index contributed by atoms with van der Waals surface area (Å²) >= 11 is 2.33. The third kappa shape index (κ3) is 4.99. The van der Waals surface area contributed by atoms with Crippen LogP contribution in [-0.2, 0) is 14.6 Å². The van der Waals surface area contributed by atoms with Gasteiger partial charge in [0.1, 0.15) is 0 Å². The SMILES string of the molecule is O=C(NCCCCCI)C1CCS(=O)(=O)C1. The molecule has 0 bridgehead atoms. The first-order chi connectivity index (χ1) is 7.55. The molecule has 0 aromatic heterocycles. The number of hydrogen-bond donors (Lipinski definition) is 1. The predicted molar refractivity (Wildman–Crippen MR) is 72.5 cm³/mol. The van der Waals surface area contributed by atoms with E-state index in [-0.39, 0.29) is 23.3 Å². The molecule has 6 heteroatoms. The van der Waals surface area contributed by atoms with Crippen LogP contribution >= 0.6 is 22.6 Å². The molecular formula is C10H18INO3S. The molecule has 1 unspecified atom stereocenters. The minimum atomic E-state index is -2.94. The summed E-state index contributed by atoms with van der Waals surface area (Å²) in [7, 11) is -2.94. The average Bonchev–Trinajstić information content (AvgIpc) is 2.58. The Kier molecular flexibility index (Phi) is 6.02. The van der Waals surface area contributed by atoms with Gasteiger partial charge < -0.3 is 5.32 Å². The molecule has 1 atom stereocenters. The van der Waals surface area contributed by atoms with Gasteiger partial charge in [-0.15, -0.1) is 0 Å². The van der Waals surface area contributed by atoms with Crippen molar-refractivity contribution >= 4 is 38.3 Å². The van der Waals surface area contributed by atoms with Crippen molar-refractivity contribution in [3.63, 3.8) is 0 Å². The molecule has 1 aliphatic rings. The highest BCUT2D eigenvalue weighted by Crippen LogP contribution is 2.18. The van der Waals surface area contributed by atoms with Gasteiger partial charge in [0.15, 0.2) is 9.84 Å². The molecule has 0 aromatic carbocycles. The molecule has 1 fully saturated rings. The van der Waals surface area contributed by atoms with Crippen molar-refractivity contribution in [1.29, 1.82) is 0 Å². The maximum atomic E-state index is 11.6. The second-order valence-electron chi connectivity index (χ2n) is 4.14. The number of sulfone groups is 1. The number of carbonyl (C=O) groups is 1. The fourth-order valence-corrected chi connectivity index (χ4v) is 4.03. The van der Waals surface area contributed by atoms with Crippen molar-refractivity contribution in [2.75, 3.05) is 22.5 Å². The van der Waals surface area contributed by atoms with Gasteiger partial charge in [0.05, 0.1) is 17.4 Å². The largest absolute Gasteiger partial charge is 0.356 e. The number of amides is 1. The molecule has 1 aliphatic heterocycles. The molecule has 1 N–H and O–H groups in total. The molecule has 16 heavy (non-hydrogen) atoms. The molecule has 4 nitrogen and oxygen atoms in total. The van der Waals surface area contributed by atoms with Crippen LogP contribution in [0.2, 0.25) is 0 Å². The highest BCUT2D eigenvalue weighted by atomic mass is 127. The van der Waals surface area contributed by atoms with Crippen LogP contribution in [0.5, 0.6) is 0 Å². The van der Waals surface area contributed by atoms with Gasteiger partial charge in [-0.25, -0.2) is 8.42 Å². The lowest BCUT2D eigenvalue weighted by atomic mass is 10.1. The Morgan fingerprint density at radius 3 is 2.62 bits per heavy atom. The zero-order chi connectivity index (χ0) is 12.0. The van der Waals surface area contributed by atoms with E-state index in [0.717, 1.165) is 17.3 Å². The topological polar surface area (TPSA) is 63.2 Å². The Labute approximate surface area is 111 Å². The van der Waals surface area contributed by atoms with Gasteiger partial charge in [-0.1, -0.05) is 29.0 Å². The number of alkyl halides is 1. The maximum absolute atomic E-state index is 11.6. The molecule has 94 valence electrons. The third-order valence-corrected chi connectivity index (χ3v) is 5.24. The van der Waals surface area contributed by atoms with Gasteiger partial charge in [-0.3, -0.25) is 4.79 Å². The highest BCUT2D eigenvalue weighted by Gasteiger charge is 2.32. The van der Waals surface area contributed by atoms with Crippen LogP contribution in [0.25, 0.3) is 0 Å². The lowest BCUT2D eigenvalue weighted by molar-refractivity contribution is -0.124. The summed E-state index contributed by atoms with van der Waals surface area (Å²) in [6, 6.07) is 0. The van der Waals surface area contributed by atoms with E-state index in [1.165, 1.54) is 6.42 Å². The second kappa shape index (κ2) is 6.78. The third-order valence-electron chi connectivity index (χ3n) is 2.71. The molecule has 1 heterocycles. The smallest absolute Gasteiger partial charge is 0.224 e. The fourth-order valence-electron chi connectivity index (χ4n) is 1.75. The van der Waals surface area contributed by atoms with Gasteiger partial charge >= 0.3 is 0 Å². The average molecular weight is 359 g/mol. The number of halogens is 1. The molecule has 0 radical (unpaired) electrons. The van der Waals surface area contributed by atoms with E-state index in [2.05, 4.69) is 27.9 Å². The fraction of sp³-hybridized carbons (Fsp3) is 0.900. The van der Waals surface area contributed by atoms with E-state index in [9.17, 15) is 13.2 Å². The Morgan fingerprint density at radius 1 is 1.31 bits per heavy atom. The van der Waals surface area contributed by atoms with E-state index in [4.69, 9.17) is 0 Å². The summed E-state index contributed by atoms with van der Waals surface area (Å²) in [5.41, 5.74) is 0. The first-order valence-electron chi connectivity index (χ1n) is 5.59. The molecule has 1 saturated heterocycles. The van der Waals surface area contributed by atoms with Crippen LogP contribution < -0.4 is 5.32 Å². The van der Waals surface area contributed by atoms with Crippen LogP contribution in [0.15, 0.2) is 0 Å². The van der Waals surface area contributed by atoms with Crippen molar-refractivity contribution < 1.29 is 13.2 Å². The number of carbonyl (C=O) groups excluding carboxylic acids is 1. The van der Waals surface area contributed by atoms with Crippen LogP contribution in [-0.4, -0.2) is 36.8 Å². The van der Waals surface area contributed by atoms with Gasteiger partial charge in [-0.2, -0.15) is 0 Å². The van der Waals surface area contributed by atoms with Crippen LogP contribution in [0, 0.1) is 5.92 Å². The van der Waals surface area contributed by atoms with Crippen LogP contribution in [0.1, 0.15) is 25.7 Å². The summed E-state index contributed by atoms with van der Waals surface area (Å²) in [6.45, 7) is 0.673. The highest BCUT2D eigenvalue weighted by molar-refractivity contribution is 14.1. The first-order valence-corrected chi connectivity index (χ1v) is 8.94. The van der Waals surface area contributed by atoms with Crippen molar-refractivity contribution in [1.82, 2.24) is 5.32 Å². The lowest BCUT2D eigenvalue weighted by Gasteiger charge is -2.08. The van der Waals surface area contributed by atoms with E-state index >= 15 is 0 Å². The van der Waals surface area contributed by atoms with Gasteiger partial charge in [0.2, 0.25) is 5.91 Å². The molecule has 0 aliphatic carbocycles. The lowest BCUT2D eigenvalue weighted by Crippen LogP contribution is -2.32. The minimum Gasteiger partial charge on any atom is -0.356 e. The van der Waals surface area contributed by atoms with E-state index < -0.39 is 9.84 Å². The van der Waals surface area contributed by atoms with E-state index in [1.54, 1.807) is 0 Å². The standard InChI is InChI=1S/C10H18INO3S/c11-5-2-1-3-6-12-10(13)9-4-7-16(14,15)8-9/h9H,1-8H2,(H,12,13). The Hall–Kier alpha value is 0.150. The Morgan fingerprint density at radius 2 is 2.06 bits per heavy atom. The van der Waals surface area contributed by atoms with E-state index in [1.807, 2.05) is 0 Å².